The van der Waals surface area contributed by atoms with Gasteiger partial charge in [0.2, 0.25) is 0 Å². The fourth-order valence-electron chi connectivity index (χ4n) is 3.09. The number of carbonyl (C=O) groups is 1. The van der Waals surface area contributed by atoms with Gasteiger partial charge in [-0.1, -0.05) is 35.9 Å². The highest BCUT2D eigenvalue weighted by atomic mass is 35.5. The Morgan fingerprint density at radius 1 is 1.04 bits per heavy atom. The Labute approximate surface area is 155 Å². The van der Waals surface area contributed by atoms with E-state index < -0.39 is 38.2 Å². The number of benzene rings is 2. The van der Waals surface area contributed by atoms with Gasteiger partial charge in [-0.25, -0.2) is 17.2 Å². The summed E-state index contributed by atoms with van der Waals surface area (Å²) in [5.74, 6) is -3.09. The molecule has 0 bridgehead atoms. The van der Waals surface area contributed by atoms with Crippen molar-refractivity contribution in [1.29, 1.82) is 0 Å². The molecule has 3 rings (SSSR count). The van der Waals surface area contributed by atoms with Gasteiger partial charge in [0.05, 0.1) is 11.0 Å². The molecule has 8 heteroatoms. The first-order valence-corrected chi connectivity index (χ1v) is 10.1. The molecular weight excluding hydrogens is 384 g/mol. The summed E-state index contributed by atoms with van der Waals surface area (Å²) in [7, 11) is -3.57. The molecule has 1 heterocycles. The zero-order valence-corrected chi connectivity index (χ0v) is 15.2. The first-order valence-electron chi connectivity index (χ1n) is 8.00. The number of carbonyl (C=O) groups excluding carboxylic acids is 1. The molecule has 2 aromatic rings. The van der Waals surface area contributed by atoms with Gasteiger partial charge in [-0.15, -0.1) is 0 Å². The van der Waals surface area contributed by atoms with Gasteiger partial charge in [0.25, 0.3) is 5.91 Å². The van der Waals surface area contributed by atoms with Crippen LogP contribution < -0.4 is 0 Å². The van der Waals surface area contributed by atoms with Gasteiger partial charge in [-0.2, -0.15) is 0 Å². The second kappa shape index (κ2) is 7.32. The molecule has 1 amide bonds. The summed E-state index contributed by atoms with van der Waals surface area (Å²) in [6.07, 6.45) is 0.105. The van der Waals surface area contributed by atoms with Crippen molar-refractivity contribution < 1.29 is 22.0 Å². The predicted octanol–water partition coefficient (Wildman–Crippen LogP) is 3.62. The molecule has 1 saturated heterocycles. The minimum Gasteiger partial charge on any atom is -0.337 e. The van der Waals surface area contributed by atoms with Gasteiger partial charge >= 0.3 is 0 Å². The van der Waals surface area contributed by atoms with Crippen LogP contribution in [0.3, 0.4) is 0 Å². The fourth-order valence-corrected chi connectivity index (χ4v) is 5.24. The molecule has 138 valence electrons. The molecule has 1 aliphatic rings. The Bertz CT molecular complexity index is 929. The zero-order valence-electron chi connectivity index (χ0n) is 13.7. The highest BCUT2D eigenvalue weighted by molar-refractivity contribution is 7.91. The lowest BCUT2D eigenvalue weighted by Gasteiger charge is -2.20. The Morgan fingerprint density at radius 2 is 1.69 bits per heavy atom. The Balaban J connectivity index is 1.90. The van der Waals surface area contributed by atoms with E-state index in [1.807, 2.05) is 0 Å². The molecule has 0 aromatic heterocycles. The molecular formula is C18H16ClF2NO3S. The monoisotopic (exact) mass is 399 g/mol. The van der Waals surface area contributed by atoms with Crippen molar-refractivity contribution in [2.75, 3.05) is 18.8 Å². The third-order valence-corrected chi connectivity index (χ3v) is 6.91. The maximum absolute atomic E-state index is 13.9. The van der Waals surface area contributed by atoms with E-state index in [9.17, 15) is 22.0 Å². The van der Waals surface area contributed by atoms with Crippen LogP contribution in [0, 0.1) is 11.6 Å². The SMILES string of the molecule is O=C(c1c(F)cccc1F)N1CCC(c2ccccc2Cl)S(=O)(=O)CC1. The first-order chi connectivity index (χ1) is 12.3. The Kier molecular flexibility index (Phi) is 5.29. The molecule has 1 aliphatic heterocycles. The third-order valence-electron chi connectivity index (χ3n) is 4.46. The summed E-state index contributed by atoms with van der Waals surface area (Å²) in [5, 5.41) is -0.527. The molecule has 1 unspecified atom stereocenters. The first kappa shape index (κ1) is 18.8. The lowest BCUT2D eigenvalue weighted by Crippen LogP contribution is -2.34. The average Bonchev–Trinajstić information content (AvgIpc) is 2.73. The maximum Gasteiger partial charge on any atom is 0.259 e. The number of halogens is 3. The van der Waals surface area contributed by atoms with Crippen LogP contribution in [0.2, 0.25) is 5.02 Å². The molecule has 0 aliphatic carbocycles. The zero-order chi connectivity index (χ0) is 18.9. The van der Waals surface area contributed by atoms with E-state index in [0.717, 1.165) is 12.1 Å². The minimum absolute atomic E-state index is 0.0573. The molecule has 0 spiro atoms. The van der Waals surface area contributed by atoms with Crippen LogP contribution in [0.15, 0.2) is 42.5 Å². The quantitative estimate of drug-likeness (QED) is 0.775. The number of sulfone groups is 1. The van der Waals surface area contributed by atoms with Crippen LogP contribution >= 0.6 is 11.6 Å². The van der Waals surface area contributed by atoms with Crippen molar-refractivity contribution in [2.24, 2.45) is 0 Å². The number of amides is 1. The summed E-state index contributed by atoms with van der Waals surface area (Å²) in [6, 6.07) is 9.80. The van der Waals surface area contributed by atoms with E-state index in [-0.39, 0.29) is 25.3 Å². The molecule has 0 radical (unpaired) electrons. The van der Waals surface area contributed by atoms with Crippen LogP contribution in [0.5, 0.6) is 0 Å². The lowest BCUT2D eigenvalue weighted by atomic mass is 10.1. The molecule has 1 atom stereocenters. The standard InChI is InChI=1S/C18H16ClF2NO3S/c19-13-5-2-1-4-12(13)16-8-9-22(10-11-26(16,24)25)18(23)17-14(20)6-3-7-15(17)21/h1-7,16H,8-11H2. The topological polar surface area (TPSA) is 54.5 Å². The van der Waals surface area contributed by atoms with Gasteiger partial charge in [-0.05, 0) is 30.2 Å². The van der Waals surface area contributed by atoms with Crippen molar-refractivity contribution >= 4 is 27.3 Å². The van der Waals surface area contributed by atoms with Crippen LogP contribution in [0.1, 0.15) is 27.6 Å². The second-order valence-electron chi connectivity index (χ2n) is 6.05. The van der Waals surface area contributed by atoms with Crippen molar-refractivity contribution in [3.63, 3.8) is 0 Å². The van der Waals surface area contributed by atoms with E-state index in [2.05, 4.69) is 0 Å². The molecule has 0 saturated carbocycles. The largest absolute Gasteiger partial charge is 0.337 e. The van der Waals surface area contributed by atoms with Crippen molar-refractivity contribution in [2.45, 2.75) is 11.7 Å². The maximum atomic E-state index is 13.9. The van der Waals surface area contributed by atoms with E-state index in [4.69, 9.17) is 11.6 Å². The summed E-state index contributed by atoms with van der Waals surface area (Å²) in [6.45, 7) is -0.0718. The Morgan fingerprint density at radius 3 is 2.35 bits per heavy atom. The van der Waals surface area contributed by atoms with E-state index in [1.54, 1.807) is 24.3 Å². The van der Waals surface area contributed by atoms with Crippen molar-refractivity contribution in [3.05, 3.63) is 70.2 Å². The van der Waals surface area contributed by atoms with E-state index >= 15 is 0 Å². The highest BCUT2D eigenvalue weighted by Gasteiger charge is 2.35. The minimum atomic E-state index is -3.57. The number of rotatable bonds is 2. The molecule has 26 heavy (non-hydrogen) atoms. The second-order valence-corrected chi connectivity index (χ2v) is 8.76. The molecule has 0 N–H and O–H groups in total. The van der Waals surface area contributed by atoms with Gasteiger partial charge in [0.15, 0.2) is 9.84 Å². The molecule has 1 fully saturated rings. The van der Waals surface area contributed by atoms with Gasteiger partial charge < -0.3 is 4.90 Å². The number of nitrogens with zero attached hydrogens (tertiary/aromatic N) is 1. The van der Waals surface area contributed by atoms with Gasteiger partial charge in [0.1, 0.15) is 17.2 Å². The summed E-state index contributed by atoms with van der Waals surface area (Å²) in [5.41, 5.74) is -0.193. The van der Waals surface area contributed by atoms with Crippen LogP contribution in [-0.2, 0) is 9.84 Å². The summed E-state index contributed by atoms with van der Waals surface area (Å²) < 4.78 is 53.1. The number of hydrogen-bond acceptors (Lipinski definition) is 3. The Hall–Kier alpha value is -1.99. The molecule has 4 nitrogen and oxygen atoms in total. The average molecular weight is 400 g/mol. The summed E-state index contributed by atoms with van der Waals surface area (Å²) in [4.78, 5) is 13.7. The van der Waals surface area contributed by atoms with E-state index in [1.165, 1.54) is 11.0 Å². The number of hydrogen-bond donors (Lipinski definition) is 0. The molecule has 2 aromatic carbocycles. The van der Waals surface area contributed by atoms with E-state index in [0.29, 0.717) is 10.6 Å². The van der Waals surface area contributed by atoms with Crippen molar-refractivity contribution in [1.82, 2.24) is 4.90 Å². The van der Waals surface area contributed by atoms with Crippen LogP contribution in [-0.4, -0.2) is 38.1 Å². The van der Waals surface area contributed by atoms with Crippen molar-refractivity contribution in [3.8, 4) is 0 Å². The fraction of sp³-hybridized carbons (Fsp3) is 0.278. The highest BCUT2D eigenvalue weighted by Crippen LogP contribution is 2.34. The van der Waals surface area contributed by atoms with Gasteiger partial charge in [-0.3, -0.25) is 4.79 Å². The van der Waals surface area contributed by atoms with Gasteiger partial charge in [0, 0.05) is 18.1 Å². The predicted molar refractivity (Wildman–Crippen MR) is 94.9 cm³/mol. The summed E-state index contributed by atoms with van der Waals surface area (Å²) >= 11 is 6.13. The van der Waals surface area contributed by atoms with Crippen LogP contribution in [0.25, 0.3) is 0 Å². The van der Waals surface area contributed by atoms with Crippen LogP contribution in [0.4, 0.5) is 8.78 Å². The third kappa shape index (κ3) is 3.59. The lowest BCUT2D eigenvalue weighted by molar-refractivity contribution is 0.0757. The normalized spacial score (nSPS) is 19.8. The smallest absolute Gasteiger partial charge is 0.259 e.